The minimum absolute atomic E-state index is 0.0734. The standard InChI is InChI=1S/C24H27ClN4O4/c1-17-4-5-18(15-21(17)25)26-24(32)28-13-11-27(12-14-28)23(31)16-33-20-8-6-19(7-9-20)29-10-2-3-22(29)30/h4-9,15H,2-3,10-14,16H2,1H3,(H,26,32). The van der Waals surface area contributed by atoms with E-state index < -0.39 is 0 Å². The number of carbonyl (C=O) groups is 3. The van der Waals surface area contributed by atoms with Crippen molar-refractivity contribution in [3.8, 4) is 5.75 Å². The molecule has 2 aromatic rings. The van der Waals surface area contributed by atoms with Gasteiger partial charge in [-0.15, -0.1) is 0 Å². The molecule has 0 unspecified atom stereocenters. The lowest BCUT2D eigenvalue weighted by molar-refractivity contribution is -0.134. The van der Waals surface area contributed by atoms with Gasteiger partial charge in [-0.05, 0) is 55.3 Å². The SMILES string of the molecule is Cc1ccc(NC(=O)N2CCN(C(=O)COc3ccc(N4CCCC4=O)cc3)CC2)cc1Cl. The number of halogens is 1. The number of hydrogen-bond acceptors (Lipinski definition) is 4. The minimum atomic E-state index is -0.213. The normalized spacial score (nSPS) is 16.2. The highest BCUT2D eigenvalue weighted by Gasteiger charge is 2.25. The van der Waals surface area contributed by atoms with E-state index in [2.05, 4.69) is 5.32 Å². The van der Waals surface area contributed by atoms with E-state index in [-0.39, 0.29) is 24.5 Å². The van der Waals surface area contributed by atoms with Crippen LogP contribution in [-0.2, 0) is 9.59 Å². The second kappa shape index (κ2) is 10.1. The van der Waals surface area contributed by atoms with Gasteiger partial charge in [0.2, 0.25) is 5.91 Å². The lowest BCUT2D eigenvalue weighted by Gasteiger charge is -2.34. The summed E-state index contributed by atoms with van der Waals surface area (Å²) in [5.41, 5.74) is 2.43. The predicted octanol–water partition coefficient (Wildman–Crippen LogP) is 3.53. The summed E-state index contributed by atoms with van der Waals surface area (Å²) in [5.74, 6) is 0.585. The molecule has 4 amide bonds. The maximum atomic E-state index is 12.5. The first-order valence-electron chi connectivity index (χ1n) is 11.0. The molecule has 2 saturated heterocycles. The Morgan fingerprint density at radius 2 is 1.70 bits per heavy atom. The van der Waals surface area contributed by atoms with Crippen LogP contribution in [0.3, 0.4) is 0 Å². The number of anilines is 2. The maximum Gasteiger partial charge on any atom is 0.321 e. The summed E-state index contributed by atoms with van der Waals surface area (Å²) in [6.07, 6.45) is 1.46. The third-order valence-electron chi connectivity index (χ3n) is 5.93. The van der Waals surface area contributed by atoms with Crippen molar-refractivity contribution in [3.63, 3.8) is 0 Å². The Bertz CT molecular complexity index is 1040. The zero-order chi connectivity index (χ0) is 23.4. The zero-order valence-electron chi connectivity index (χ0n) is 18.6. The van der Waals surface area contributed by atoms with Gasteiger partial charge < -0.3 is 24.8 Å². The van der Waals surface area contributed by atoms with Gasteiger partial charge in [0.05, 0.1) is 0 Å². The fraction of sp³-hybridized carbons (Fsp3) is 0.375. The molecule has 2 aromatic carbocycles. The molecule has 0 aliphatic carbocycles. The number of aryl methyl sites for hydroxylation is 1. The average molecular weight is 471 g/mol. The van der Waals surface area contributed by atoms with Crippen LogP contribution in [0.2, 0.25) is 5.02 Å². The van der Waals surface area contributed by atoms with Gasteiger partial charge in [0, 0.05) is 55.5 Å². The Morgan fingerprint density at radius 3 is 2.33 bits per heavy atom. The quantitative estimate of drug-likeness (QED) is 0.724. The third-order valence-corrected chi connectivity index (χ3v) is 6.33. The Labute approximate surface area is 198 Å². The second-order valence-corrected chi connectivity index (χ2v) is 8.60. The molecule has 8 nitrogen and oxygen atoms in total. The molecule has 0 aromatic heterocycles. The number of ether oxygens (including phenoxy) is 1. The average Bonchev–Trinajstić information content (AvgIpc) is 3.26. The minimum Gasteiger partial charge on any atom is -0.484 e. The van der Waals surface area contributed by atoms with Crippen molar-refractivity contribution in [2.45, 2.75) is 19.8 Å². The molecule has 0 spiro atoms. The van der Waals surface area contributed by atoms with E-state index in [1.807, 2.05) is 31.2 Å². The Kier molecular flexibility index (Phi) is 7.03. The summed E-state index contributed by atoms with van der Waals surface area (Å²) in [6, 6.07) is 12.4. The van der Waals surface area contributed by atoms with Crippen molar-refractivity contribution in [2.75, 3.05) is 49.5 Å². The molecule has 33 heavy (non-hydrogen) atoms. The number of urea groups is 1. The van der Waals surface area contributed by atoms with Crippen LogP contribution in [0.25, 0.3) is 0 Å². The number of nitrogens with zero attached hydrogens (tertiary/aromatic N) is 3. The van der Waals surface area contributed by atoms with Gasteiger partial charge in [-0.3, -0.25) is 9.59 Å². The van der Waals surface area contributed by atoms with Gasteiger partial charge in [-0.2, -0.15) is 0 Å². The summed E-state index contributed by atoms with van der Waals surface area (Å²) in [5, 5.41) is 3.45. The lowest BCUT2D eigenvalue weighted by atomic mass is 10.2. The zero-order valence-corrected chi connectivity index (χ0v) is 19.3. The van der Waals surface area contributed by atoms with Crippen LogP contribution in [0.5, 0.6) is 5.75 Å². The Balaban J connectivity index is 1.21. The van der Waals surface area contributed by atoms with Crippen LogP contribution in [0.1, 0.15) is 18.4 Å². The van der Waals surface area contributed by atoms with Crippen molar-refractivity contribution in [2.24, 2.45) is 0 Å². The summed E-state index contributed by atoms with van der Waals surface area (Å²) in [6.45, 7) is 4.34. The Hall–Kier alpha value is -3.26. The van der Waals surface area contributed by atoms with E-state index in [4.69, 9.17) is 16.3 Å². The van der Waals surface area contributed by atoms with Crippen molar-refractivity contribution in [1.82, 2.24) is 9.80 Å². The molecule has 0 atom stereocenters. The number of hydrogen-bond donors (Lipinski definition) is 1. The van der Waals surface area contributed by atoms with E-state index in [1.54, 1.807) is 32.9 Å². The van der Waals surface area contributed by atoms with E-state index in [0.29, 0.717) is 49.1 Å². The molecular weight excluding hydrogens is 444 g/mol. The summed E-state index contributed by atoms with van der Waals surface area (Å²) in [4.78, 5) is 42.0. The van der Waals surface area contributed by atoms with Crippen molar-refractivity contribution >= 4 is 40.8 Å². The number of piperazine rings is 1. The predicted molar refractivity (Wildman–Crippen MR) is 127 cm³/mol. The molecule has 4 rings (SSSR count). The number of amides is 4. The van der Waals surface area contributed by atoms with Gasteiger partial charge in [0.1, 0.15) is 5.75 Å². The van der Waals surface area contributed by atoms with Crippen LogP contribution in [0.4, 0.5) is 16.2 Å². The first-order valence-corrected chi connectivity index (χ1v) is 11.4. The smallest absolute Gasteiger partial charge is 0.321 e. The van der Waals surface area contributed by atoms with Crippen LogP contribution in [0.15, 0.2) is 42.5 Å². The topological polar surface area (TPSA) is 82.2 Å². The van der Waals surface area contributed by atoms with E-state index in [1.165, 1.54) is 0 Å². The Morgan fingerprint density at radius 1 is 1.00 bits per heavy atom. The molecule has 9 heteroatoms. The highest BCUT2D eigenvalue weighted by Crippen LogP contribution is 2.24. The van der Waals surface area contributed by atoms with E-state index in [0.717, 1.165) is 24.2 Å². The lowest BCUT2D eigenvalue weighted by Crippen LogP contribution is -2.52. The first-order chi connectivity index (χ1) is 15.9. The molecule has 174 valence electrons. The largest absolute Gasteiger partial charge is 0.484 e. The molecule has 0 radical (unpaired) electrons. The van der Waals surface area contributed by atoms with Gasteiger partial charge in [-0.1, -0.05) is 17.7 Å². The molecule has 2 aliphatic heterocycles. The second-order valence-electron chi connectivity index (χ2n) is 8.19. The molecular formula is C24H27ClN4O4. The number of benzene rings is 2. The fourth-order valence-electron chi connectivity index (χ4n) is 3.91. The summed E-state index contributed by atoms with van der Waals surface area (Å²) in [7, 11) is 0. The maximum absolute atomic E-state index is 12.5. The molecule has 0 saturated carbocycles. The van der Waals surface area contributed by atoms with Crippen molar-refractivity contribution in [1.29, 1.82) is 0 Å². The molecule has 2 heterocycles. The van der Waals surface area contributed by atoms with Crippen molar-refractivity contribution < 1.29 is 19.1 Å². The number of carbonyl (C=O) groups excluding carboxylic acids is 3. The highest BCUT2D eigenvalue weighted by atomic mass is 35.5. The molecule has 1 N–H and O–H groups in total. The van der Waals surface area contributed by atoms with Gasteiger partial charge in [-0.25, -0.2) is 4.79 Å². The van der Waals surface area contributed by atoms with Crippen LogP contribution >= 0.6 is 11.6 Å². The monoisotopic (exact) mass is 470 g/mol. The highest BCUT2D eigenvalue weighted by molar-refractivity contribution is 6.31. The van der Waals surface area contributed by atoms with Gasteiger partial charge in [0.25, 0.3) is 5.91 Å². The third kappa shape index (κ3) is 5.57. The van der Waals surface area contributed by atoms with E-state index >= 15 is 0 Å². The van der Waals surface area contributed by atoms with Crippen molar-refractivity contribution in [3.05, 3.63) is 53.1 Å². The van der Waals surface area contributed by atoms with E-state index in [9.17, 15) is 14.4 Å². The fourth-order valence-corrected chi connectivity index (χ4v) is 4.09. The summed E-state index contributed by atoms with van der Waals surface area (Å²) >= 11 is 6.12. The first kappa shape index (κ1) is 22.9. The molecule has 2 fully saturated rings. The van der Waals surface area contributed by atoms with Gasteiger partial charge in [0.15, 0.2) is 6.61 Å². The molecule has 0 bridgehead atoms. The summed E-state index contributed by atoms with van der Waals surface area (Å²) < 4.78 is 5.64. The number of nitrogens with one attached hydrogen (secondary N) is 1. The van der Waals surface area contributed by atoms with Gasteiger partial charge >= 0.3 is 6.03 Å². The molecule has 2 aliphatic rings. The van der Waals surface area contributed by atoms with Crippen LogP contribution < -0.4 is 15.0 Å². The number of rotatable bonds is 5. The van der Waals surface area contributed by atoms with Crippen LogP contribution in [0, 0.1) is 6.92 Å². The van der Waals surface area contributed by atoms with Crippen LogP contribution in [-0.4, -0.2) is 67.0 Å².